The Morgan fingerprint density at radius 1 is 1.04 bits per heavy atom. The summed E-state index contributed by atoms with van der Waals surface area (Å²) < 4.78 is 28.2. The van der Waals surface area contributed by atoms with Crippen molar-refractivity contribution in [3.05, 3.63) is 72.6 Å². The molecule has 1 aliphatic rings. The predicted octanol–water partition coefficient (Wildman–Crippen LogP) is 3.28. The molecule has 3 aromatic rings. The lowest BCUT2D eigenvalue weighted by molar-refractivity contribution is 0.297. The highest BCUT2D eigenvalue weighted by Gasteiger charge is 2.31. The topological polar surface area (TPSA) is 62.3 Å². The molecule has 2 heterocycles. The largest absolute Gasteiger partial charge is 0.311 e. The zero-order valence-electron chi connectivity index (χ0n) is 15.2. The average Bonchev–Trinajstić information content (AvgIpc) is 2.68. The van der Waals surface area contributed by atoms with Crippen LogP contribution in [0.1, 0.15) is 5.56 Å². The van der Waals surface area contributed by atoms with Crippen LogP contribution in [0.15, 0.2) is 71.9 Å². The molecule has 4 rings (SSSR count). The Morgan fingerprint density at radius 3 is 2.61 bits per heavy atom. The summed E-state index contributed by atoms with van der Waals surface area (Å²) in [5, 5.41) is 5.00. The molecule has 1 aromatic heterocycles. The van der Waals surface area contributed by atoms with Crippen molar-refractivity contribution in [2.24, 2.45) is 0 Å². The number of aromatic nitrogens is 1. The van der Waals surface area contributed by atoms with Crippen molar-refractivity contribution in [1.82, 2.24) is 14.6 Å². The molecule has 5 nitrogen and oxygen atoms in total. The van der Waals surface area contributed by atoms with E-state index in [0.717, 1.165) is 17.2 Å². The van der Waals surface area contributed by atoms with Gasteiger partial charge in [-0.05, 0) is 24.1 Å². The van der Waals surface area contributed by atoms with Crippen molar-refractivity contribution in [3.8, 4) is 0 Å². The molecule has 150 valence electrons. The highest BCUT2D eigenvalue weighted by Crippen LogP contribution is 2.26. The standard InChI is InChI=1S/C20H21N3O2S.2ClH/c24-26(25,20-8-4-7-17-14-21-10-9-19(17)20)23-12-11-22-18(15-23)13-16-5-2-1-3-6-16;;/h1-10,14,18,22H,11-13,15H2;2*1H/t18-;;/m0../s1. The molecule has 0 spiro atoms. The van der Waals surface area contributed by atoms with Crippen LogP contribution in [-0.2, 0) is 16.4 Å². The number of hydrogen-bond acceptors (Lipinski definition) is 4. The van der Waals surface area contributed by atoms with E-state index >= 15 is 0 Å². The first-order chi connectivity index (χ1) is 12.6. The Balaban J connectivity index is 0.00000140. The number of piperazine rings is 1. The number of sulfonamides is 1. The second kappa shape index (κ2) is 9.67. The number of fused-ring (bicyclic) bond motifs is 1. The third kappa shape index (κ3) is 4.64. The summed E-state index contributed by atoms with van der Waals surface area (Å²) in [4.78, 5) is 4.45. The maximum Gasteiger partial charge on any atom is 0.243 e. The first-order valence-corrected chi connectivity index (χ1v) is 10.2. The van der Waals surface area contributed by atoms with Crippen LogP contribution in [0.5, 0.6) is 0 Å². The van der Waals surface area contributed by atoms with E-state index in [1.807, 2.05) is 24.3 Å². The van der Waals surface area contributed by atoms with Crippen molar-refractivity contribution in [2.75, 3.05) is 19.6 Å². The lowest BCUT2D eigenvalue weighted by Gasteiger charge is -2.33. The van der Waals surface area contributed by atoms with Crippen molar-refractivity contribution < 1.29 is 8.42 Å². The van der Waals surface area contributed by atoms with Gasteiger partial charge >= 0.3 is 0 Å². The fourth-order valence-electron chi connectivity index (χ4n) is 3.51. The molecule has 0 unspecified atom stereocenters. The summed E-state index contributed by atoms with van der Waals surface area (Å²) in [7, 11) is -3.55. The molecule has 0 saturated carbocycles. The molecule has 0 radical (unpaired) electrons. The van der Waals surface area contributed by atoms with Gasteiger partial charge in [0.05, 0.1) is 4.90 Å². The predicted molar refractivity (Wildman–Crippen MR) is 117 cm³/mol. The van der Waals surface area contributed by atoms with Crippen molar-refractivity contribution in [3.63, 3.8) is 0 Å². The first kappa shape index (κ1) is 22.6. The number of hydrogen-bond donors (Lipinski definition) is 1. The third-order valence-corrected chi connectivity index (χ3v) is 6.73. The molecule has 2 aromatic carbocycles. The van der Waals surface area contributed by atoms with Crippen molar-refractivity contribution >= 4 is 45.6 Å². The Kier molecular flexibility index (Phi) is 7.80. The van der Waals surface area contributed by atoms with E-state index in [1.165, 1.54) is 5.56 Å². The van der Waals surface area contributed by atoms with E-state index in [1.54, 1.807) is 34.9 Å². The van der Waals surface area contributed by atoms with Crippen LogP contribution in [0.4, 0.5) is 0 Å². The average molecular weight is 440 g/mol. The number of nitrogens with one attached hydrogen (secondary N) is 1. The summed E-state index contributed by atoms with van der Waals surface area (Å²) in [6.07, 6.45) is 4.15. The highest BCUT2D eigenvalue weighted by atomic mass is 35.5. The molecule has 1 saturated heterocycles. The van der Waals surface area contributed by atoms with Crippen molar-refractivity contribution in [2.45, 2.75) is 17.4 Å². The van der Waals surface area contributed by atoms with Gasteiger partial charge in [0.2, 0.25) is 10.0 Å². The Morgan fingerprint density at radius 2 is 1.82 bits per heavy atom. The van der Waals surface area contributed by atoms with Gasteiger partial charge in [-0.15, -0.1) is 24.8 Å². The van der Waals surface area contributed by atoms with Crippen LogP contribution in [0.3, 0.4) is 0 Å². The fraction of sp³-hybridized carbons (Fsp3) is 0.250. The number of pyridine rings is 1. The molecule has 0 bridgehead atoms. The lowest BCUT2D eigenvalue weighted by atomic mass is 10.1. The zero-order chi connectivity index (χ0) is 18.0. The summed E-state index contributed by atoms with van der Waals surface area (Å²) in [6, 6.07) is 17.4. The Labute approximate surface area is 178 Å². The number of nitrogens with zero attached hydrogens (tertiary/aromatic N) is 2. The number of benzene rings is 2. The molecule has 28 heavy (non-hydrogen) atoms. The van der Waals surface area contributed by atoms with Gasteiger partial charge in [0, 0.05) is 48.8 Å². The van der Waals surface area contributed by atoms with Crippen LogP contribution < -0.4 is 5.32 Å². The maximum absolute atomic E-state index is 13.3. The summed E-state index contributed by atoms with van der Waals surface area (Å²) in [5.74, 6) is 0. The Bertz CT molecular complexity index is 1010. The van der Waals surface area contributed by atoms with Gasteiger partial charge < -0.3 is 5.32 Å². The van der Waals surface area contributed by atoms with Crippen LogP contribution in [0, 0.1) is 0 Å². The first-order valence-electron chi connectivity index (χ1n) is 8.75. The fourth-order valence-corrected chi connectivity index (χ4v) is 5.21. The van der Waals surface area contributed by atoms with Gasteiger partial charge in [0.25, 0.3) is 0 Å². The zero-order valence-corrected chi connectivity index (χ0v) is 17.6. The molecule has 0 aliphatic carbocycles. The molecule has 1 fully saturated rings. The number of rotatable bonds is 4. The van der Waals surface area contributed by atoms with Gasteiger partial charge in [-0.25, -0.2) is 8.42 Å². The summed E-state index contributed by atoms with van der Waals surface area (Å²) >= 11 is 0. The van der Waals surface area contributed by atoms with Crippen molar-refractivity contribution in [1.29, 1.82) is 0 Å². The smallest absolute Gasteiger partial charge is 0.243 e. The van der Waals surface area contributed by atoms with Crippen LogP contribution in [0.25, 0.3) is 10.8 Å². The molecular weight excluding hydrogens is 417 g/mol. The molecule has 1 atom stereocenters. The highest BCUT2D eigenvalue weighted by molar-refractivity contribution is 7.89. The van der Waals surface area contributed by atoms with Crippen LogP contribution in [-0.4, -0.2) is 43.4 Å². The molecular formula is C20H23Cl2N3O2S. The second-order valence-corrected chi connectivity index (χ2v) is 8.46. The van der Waals surface area contributed by atoms with Crippen LogP contribution >= 0.6 is 24.8 Å². The molecule has 1 N–H and O–H groups in total. The molecule has 0 amide bonds. The van der Waals surface area contributed by atoms with Gasteiger partial charge in [0.15, 0.2) is 0 Å². The van der Waals surface area contributed by atoms with E-state index in [-0.39, 0.29) is 30.9 Å². The van der Waals surface area contributed by atoms with Gasteiger partial charge in [0.1, 0.15) is 0 Å². The van der Waals surface area contributed by atoms with E-state index in [4.69, 9.17) is 0 Å². The van der Waals surface area contributed by atoms with Gasteiger partial charge in [-0.2, -0.15) is 4.31 Å². The summed E-state index contributed by atoms with van der Waals surface area (Å²) in [5.41, 5.74) is 1.21. The van der Waals surface area contributed by atoms with E-state index < -0.39 is 10.0 Å². The van der Waals surface area contributed by atoms with Crippen LogP contribution in [0.2, 0.25) is 0 Å². The third-order valence-electron chi connectivity index (χ3n) is 4.80. The minimum Gasteiger partial charge on any atom is -0.311 e. The number of halogens is 2. The minimum atomic E-state index is -3.55. The molecule has 1 aliphatic heterocycles. The Hall–Kier alpha value is -1.70. The van der Waals surface area contributed by atoms with Gasteiger partial charge in [-0.3, -0.25) is 4.98 Å². The second-order valence-electron chi connectivity index (χ2n) is 6.56. The quantitative estimate of drug-likeness (QED) is 0.677. The van der Waals surface area contributed by atoms with Gasteiger partial charge in [-0.1, -0.05) is 42.5 Å². The molecule has 8 heteroatoms. The minimum absolute atomic E-state index is 0. The lowest BCUT2D eigenvalue weighted by Crippen LogP contribution is -2.53. The van der Waals surface area contributed by atoms with E-state index in [2.05, 4.69) is 22.4 Å². The normalized spacial score (nSPS) is 17.5. The monoisotopic (exact) mass is 439 g/mol. The summed E-state index contributed by atoms with van der Waals surface area (Å²) in [6.45, 7) is 1.61. The SMILES string of the molecule is Cl.Cl.O=S(=O)(c1cccc2cnccc12)N1CCN[C@@H](Cc2ccccc2)C1. The van der Waals surface area contributed by atoms with E-state index in [9.17, 15) is 8.42 Å². The maximum atomic E-state index is 13.3. The van der Waals surface area contributed by atoms with E-state index in [0.29, 0.717) is 24.5 Å².